The molecule has 0 aliphatic heterocycles. The molecule has 118 valence electrons. The summed E-state index contributed by atoms with van der Waals surface area (Å²) in [4.78, 5) is 0. The van der Waals surface area contributed by atoms with E-state index in [1.54, 1.807) is 0 Å². The van der Waals surface area contributed by atoms with Gasteiger partial charge in [-0.1, -0.05) is 76.2 Å². The molecule has 1 atom stereocenters. The zero-order valence-electron chi connectivity index (χ0n) is 14.3. The van der Waals surface area contributed by atoms with Crippen molar-refractivity contribution < 1.29 is 0 Å². The third-order valence-electron chi connectivity index (χ3n) is 4.31. The molecule has 0 bridgehead atoms. The van der Waals surface area contributed by atoms with E-state index in [-0.39, 0.29) is 0 Å². The number of hydrogen-bond donors (Lipinski definition) is 1. The molecule has 0 spiro atoms. The molecule has 2 aromatic rings. The van der Waals surface area contributed by atoms with Crippen molar-refractivity contribution >= 4 is 0 Å². The monoisotopic (exact) mass is 295 g/mol. The Labute approximate surface area is 135 Å². The fraction of sp³-hybridized carbons (Fsp3) is 0.429. The molecule has 1 unspecified atom stereocenters. The van der Waals surface area contributed by atoms with E-state index < -0.39 is 0 Å². The van der Waals surface area contributed by atoms with Gasteiger partial charge in [-0.3, -0.25) is 0 Å². The Morgan fingerprint density at radius 2 is 1.27 bits per heavy atom. The van der Waals surface area contributed by atoms with E-state index in [0.717, 1.165) is 18.8 Å². The molecule has 1 nitrogen and oxygen atoms in total. The fourth-order valence-electron chi connectivity index (χ4n) is 2.90. The van der Waals surface area contributed by atoms with Crippen LogP contribution in [0.4, 0.5) is 0 Å². The van der Waals surface area contributed by atoms with Crippen LogP contribution in [0.1, 0.15) is 45.2 Å². The average molecular weight is 295 g/mol. The third kappa shape index (κ3) is 4.20. The van der Waals surface area contributed by atoms with Gasteiger partial charge in [-0.15, -0.1) is 0 Å². The van der Waals surface area contributed by atoms with Crippen molar-refractivity contribution in [1.82, 2.24) is 0 Å². The molecule has 0 saturated carbocycles. The Morgan fingerprint density at radius 3 is 1.64 bits per heavy atom. The Morgan fingerprint density at radius 1 is 0.818 bits per heavy atom. The lowest BCUT2D eigenvalue weighted by molar-refractivity contribution is 0.406. The van der Waals surface area contributed by atoms with Gasteiger partial charge in [0.25, 0.3) is 0 Å². The first-order valence-electron chi connectivity index (χ1n) is 8.40. The second kappa shape index (κ2) is 7.60. The van der Waals surface area contributed by atoms with Crippen LogP contribution in [0.15, 0.2) is 48.5 Å². The predicted molar refractivity (Wildman–Crippen MR) is 97.0 cm³/mol. The summed E-state index contributed by atoms with van der Waals surface area (Å²) >= 11 is 0. The van der Waals surface area contributed by atoms with Gasteiger partial charge < -0.3 is 5.73 Å². The van der Waals surface area contributed by atoms with Crippen molar-refractivity contribution in [2.45, 2.75) is 46.6 Å². The highest BCUT2D eigenvalue weighted by molar-refractivity contribution is 5.76. The Balaban J connectivity index is 0.000000175. The first-order chi connectivity index (χ1) is 10.5. The van der Waals surface area contributed by atoms with Gasteiger partial charge >= 0.3 is 0 Å². The predicted octanol–water partition coefficient (Wildman–Crippen LogP) is 5.27. The highest BCUT2D eigenvalue weighted by Gasteiger charge is 2.15. The third-order valence-corrected chi connectivity index (χ3v) is 4.31. The average Bonchev–Trinajstić information content (AvgIpc) is 2.85. The van der Waals surface area contributed by atoms with E-state index in [2.05, 4.69) is 76.2 Å². The van der Waals surface area contributed by atoms with E-state index in [1.807, 2.05) is 0 Å². The van der Waals surface area contributed by atoms with Crippen LogP contribution in [-0.2, 0) is 6.42 Å². The first kappa shape index (κ1) is 16.8. The lowest BCUT2D eigenvalue weighted by Crippen LogP contribution is -2.27. The molecule has 1 aliphatic carbocycles. The van der Waals surface area contributed by atoms with Crippen LogP contribution in [0.3, 0.4) is 0 Å². The van der Waals surface area contributed by atoms with Crippen LogP contribution in [0.25, 0.3) is 11.1 Å². The standard InChI is InChI=1S/C13H10.C8H19N/c1-3-7-12-10(5-1)9-11-6-2-4-8-13(11)12;1-6(2)5-8(9)7(3)4/h1-8H,9H2;6-8H,5,9H2,1-4H3. The van der Waals surface area contributed by atoms with Crippen molar-refractivity contribution in [3.05, 3.63) is 59.7 Å². The summed E-state index contributed by atoms with van der Waals surface area (Å²) in [5.74, 6) is 1.37. The van der Waals surface area contributed by atoms with Gasteiger partial charge in [0.15, 0.2) is 0 Å². The molecule has 0 saturated heterocycles. The maximum absolute atomic E-state index is 5.82. The molecule has 2 aromatic carbocycles. The van der Waals surface area contributed by atoms with Gasteiger partial charge in [-0.05, 0) is 46.9 Å². The Kier molecular flexibility index (Phi) is 5.79. The highest BCUT2D eigenvalue weighted by atomic mass is 14.6. The van der Waals surface area contributed by atoms with Crippen LogP contribution in [0, 0.1) is 11.8 Å². The van der Waals surface area contributed by atoms with Crippen molar-refractivity contribution in [3.8, 4) is 11.1 Å². The molecule has 2 N–H and O–H groups in total. The number of rotatable bonds is 3. The number of nitrogens with two attached hydrogens (primary N) is 1. The van der Waals surface area contributed by atoms with E-state index >= 15 is 0 Å². The normalized spacial score (nSPS) is 13.4. The van der Waals surface area contributed by atoms with E-state index in [9.17, 15) is 0 Å². The van der Waals surface area contributed by atoms with Gasteiger partial charge in [0.05, 0.1) is 0 Å². The minimum Gasteiger partial charge on any atom is -0.327 e. The summed E-state index contributed by atoms with van der Waals surface area (Å²) in [5.41, 5.74) is 11.6. The van der Waals surface area contributed by atoms with Gasteiger partial charge in [0.2, 0.25) is 0 Å². The van der Waals surface area contributed by atoms with Crippen molar-refractivity contribution in [3.63, 3.8) is 0 Å². The maximum Gasteiger partial charge on any atom is 0.00643 e. The summed E-state index contributed by atoms with van der Waals surface area (Å²) in [6.45, 7) is 8.77. The summed E-state index contributed by atoms with van der Waals surface area (Å²) < 4.78 is 0. The van der Waals surface area contributed by atoms with E-state index in [0.29, 0.717) is 12.0 Å². The number of benzene rings is 2. The molecular formula is C21H29N. The van der Waals surface area contributed by atoms with E-state index in [1.165, 1.54) is 22.3 Å². The molecule has 0 radical (unpaired) electrons. The molecule has 3 rings (SSSR count). The Bertz CT molecular complexity index is 555. The second-order valence-electron chi connectivity index (χ2n) is 7.03. The van der Waals surface area contributed by atoms with Gasteiger partial charge in [0.1, 0.15) is 0 Å². The van der Waals surface area contributed by atoms with Crippen LogP contribution in [-0.4, -0.2) is 6.04 Å². The lowest BCUT2D eigenvalue weighted by Gasteiger charge is -2.16. The SMILES string of the molecule is CC(C)CC(N)C(C)C.c1ccc2c(c1)Cc1ccccc1-2. The second-order valence-corrected chi connectivity index (χ2v) is 7.03. The van der Waals surface area contributed by atoms with Gasteiger partial charge in [0, 0.05) is 6.04 Å². The number of hydrogen-bond acceptors (Lipinski definition) is 1. The lowest BCUT2D eigenvalue weighted by atomic mass is 9.96. The van der Waals surface area contributed by atoms with Crippen LogP contribution < -0.4 is 5.73 Å². The fourth-order valence-corrected chi connectivity index (χ4v) is 2.90. The quantitative estimate of drug-likeness (QED) is 0.699. The minimum absolute atomic E-state index is 0.394. The zero-order chi connectivity index (χ0) is 16.1. The summed E-state index contributed by atoms with van der Waals surface area (Å²) in [7, 11) is 0. The van der Waals surface area contributed by atoms with Gasteiger partial charge in [-0.25, -0.2) is 0 Å². The van der Waals surface area contributed by atoms with Crippen molar-refractivity contribution in [1.29, 1.82) is 0 Å². The number of fused-ring (bicyclic) bond motifs is 3. The largest absolute Gasteiger partial charge is 0.327 e. The van der Waals surface area contributed by atoms with Crippen LogP contribution in [0.2, 0.25) is 0 Å². The highest BCUT2D eigenvalue weighted by Crippen LogP contribution is 2.35. The molecule has 1 aliphatic rings. The van der Waals surface area contributed by atoms with Crippen molar-refractivity contribution in [2.75, 3.05) is 0 Å². The minimum atomic E-state index is 0.394. The zero-order valence-corrected chi connectivity index (χ0v) is 14.3. The first-order valence-corrected chi connectivity index (χ1v) is 8.40. The molecule has 22 heavy (non-hydrogen) atoms. The molecule has 0 aromatic heterocycles. The topological polar surface area (TPSA) is 26.0 Å². The summed E-state index contributed by atoms with van der Waals surface area (Å²) in [6, 6.07) is 17.7. The summed E-state index contributed by atoms with van der Waals surface area (Å²) in [5, 5.41) is 0. The molecule has 0 fully saturated rings. The maximum atomic E-state index is 5.82. The van der Waals surface area contributed by atoms with Crippen LogP contribution >= 0.6 is 0 Å². The smallest absolute Gasteiger partial charge is 0.00643 e. The molecule has 0 amide bonds. The van der Waals surface area contributed by atoms with E-state index in [4.69, 9.17) is 5.73 Å². The van der Waals surface area contributed by atoms with Gasteiger partial charge in [-0.2, -0.15) is 0 Å². The van der Waals surface area contributed by atoms with Crippen LogP contribution in [0.5, 0.6) is 0 Å². The van der Waals surface area contributed by atoms with Crippen molar-refractivity contribution in [2.24, 2.45) is 17.6 Å². The molecular weight excluding hydrogens is 266 g/mol. The molecule has 0 heterocycles. The summed E-state index contributed by atoms with van der Waals surface area (Å²) in [6.07, 6.45) is 2.25. The Hall–Kier alpha value is -1.60. The molecule has 1 heteroatoms.